The molecular weight excluding hydrogens is 503 g/mol. The number of hydrogen-bond acceptors (Lipinski definition) is 9. The normalized spacial score (nSPS) is 15.5. The Morgan fingerprint density at radius 3 is 2.53 bits per heavy atom. The molecule has 1 aliphatic rings. The molecule has 0 bridgehead atoms. The van der Waals surface area contributed by atoms with Crippen LogP contribution in [0.5, 0.6) is 5.75 Å². The third-order valence-corrected chi connectivity index (χ3v) is 6.40. The van der Waals surface area contributed by atoms with Gasteiger partial charge in [0.05, 0.1) is 22.5 Å². The molecule has 3 heterocycles. The van der Waals surface area contributed by atoms with E-state index < -0.39 is 17.8 Å². The van der Waals surface area contributed by atoms with Crippen molar-refractivity contribution in [1.82, 2.24) is 20.4 Å². The first-order chi connectivity index (χ1) is 18.1. The van der Waals surface area contributed by atoms with E-state index in [9.17, 15) is 18.3 Å². The predicted octanol–water partition coefficient (Wildman–Crippen LogP) is 4.29. The molecule has 1 atom stereocenters. The summed E-state index contributed by atoms with van der Waals surface area (Å²) in [6, 6.07) is 3.48. The molecule has 1 saturated heterocycles. The molecule has 1 aromatic carbocycles. The van der Waals surface area contributed by atoms with Crippen molar-refractivity contribution in [1.29, 1.82) is 0 Å². The first-order valence-electron chi connectivity index (χ1n) is 12.4. The Balaban J connectivity index is 1.85. The average Bonchev–Trinajstić information content (AvgIpc) is 3.21. The van der Waals surface area contributed by atoms with Crippen molar-refractivity contribution in [2.75, 3.05) is 38.7 Å². The number of likely N-dealkylation sites (N-methyl/N-ethyl adjacent to an activating group) is 1. The monoisotopic (exact) mass is 535 g/mol. The van der Waals surface area contributed by atoms with Gasteiger partial charge in [0.2, 0.25) is 0 Å². The van der Waals surface area contributed by atoms with E-state index in [-0.39, 0.29) is 36.3 Å². The number of aryl methyl sites for hydroxylation is 2. The predicted molar refractivity (Wildman–Crippen MR) is 135 cm³/mol. The number of aliphatic hydroxyl groups excluding tert-OH is 1. The fourth-order valence-electron chi connectivity index (χ4n) is 4.41. The van der Waals surface area contributed by atoms with Crippen LogP contribution in [0.25, 0.3) is 22.6 Å². The molecule has 0 saturated carbocycles. The van der Waals surface area contributed by atoms with Gasteiger partial charge in [-0.15, -0.1) is 0 Å². The number of rotatable bonds is 9. The van der Waals surface area contributed by atoms with Crippen molar-refractivity contribution in [3.8, 4) is 28.4 Å². The van der Waals surface area contributed by atoms with E-state index in [4.69, 9.17) is 14.0 Å². The summed E-state index contributed by atoms with van der Waals surface area (Å²) in [5.41, 5.74) is 1.15. The highest BCUT2D eigenvalue weighted by Gasteiger charge is 2.35. The number of halogens is 3. The fraction of sp³-hybridized carbons (Fsp3) is 0.500. The van der Waals surface area contributed by atoms with Crippen LogP contribution in [-0.4, -0.2) is 65.8 Å². The van der Waals surface area contributed by atoms with E-state index in [1.807, 2.05) is 6.92 Å². The molecular formula is C26H32F3N5O4. The topological polar surface area (TPSA) is 115 Å². The number of aromatic nitrogens is 3. The van der Waals surface area contributed by atoms with Gasteiger partial charge in [-0.05, 0) is 58.9 Å². The standard InChI is InChI=1S/C26H32F3N5O4/c1-14-23(22-15(2)34-38-16(22)3)32-25(33-24(14)31-17-7-9-36-10-8-17)20-11-19(37-13-18(35)12-30-4)5-6-21(20)26(27,28)29/h5-6,11,17-18,30,35H,7-10,12-13H2,1-4H3,(H,31,32,33)/t18-/m1/s1. The van der Waals surface area contributed by atoms with E-state index in [0.29, 0.717) is 47.3 Å². The van der Waals surface area contributed by atoms with Crippen LogP contribution in [0.1, 0.15) is 35.4 Å². The van der Waals surface area contributed by atoms with Crippen LogP contribution in [-0.2, 0) is 10.9 Å². The molecule has 3 aromatic rings. The van der Waals surface area contributed by atoms with Crippen LogP contribution < -0.4 is 15.4 Å². The van der Waals surface area contributed by atoms with Crippen molar-refractivity contribution in [3.63, 3.8) is 0 Å². The lowest BCUT2D eigenvalue weighted by atomic mass is 10.0. The van der Waals surface area contributed by atoms with Crippen LogP contribution in [0, 0.1) is 20.8 Å². The molecule has 0 unspecified atom stereocenters. The van der Waals surface area contributed by atoms with E-state index in [0.717, 1.165) is 18.9 Å². The van der Waals surface area contributed by atoms with Gasteiger partial charge in [0.1, 0.15) is 30.0 Å². The zero-order valence-electron chi connectivity index (χ0n) is 21.8. The molecule has 3 N–H and O–H groups in total. The van der Waals surface area contributed by atoms with Gasteiger partial charge in [-0.3, -0.25) is 0 Å². The summed E-state index contributed by atoms with van der Waals surface area (Å²) < 4.78 is 58.8. The van der Waals surface area contributed by atoms with Crippen molar-refractivity contribution >= 4 is 5.82 Å². The summed E-state index contributed by atoms with van der Waals surface area (Å²) in [6.45, 7) is 6.65. The smallest absolute Gasteiger partial charge is 0.417 e. The summed E-state index contributed by atoms with van der Waals surface area (Å²) in [6.07, 6.45) is -4.01. The molecule has 1 aliphatic heterocycles. The second kappa shape index (κ2) is 11.7. The van der Waals surface area contributed by atoms with Crippen LogP contribution in [0.2, 0.25) is 0 Å². The Hall–Kier alpha value is -3.22. The van der Waals surface area contributed by atoms with Crippen LogP contribution in [0.3, 0.4) is 0 Å². The van der Waals surface area contributed by atoms with Crippen LogP contribution in [0.4, 0.5) is 19.0 Å². The third-order valence-electron chi connectivity index (χ3n) is 6.40. The second-order valence-corrected chi connectivity index (χ2v) is 9.33. The highest BCUT2D eigenvalue weighted by molar-refractivity contribution is 5.75. The maximum atomic E-state index is 14.1. The Morgan fingerprint density at radius 1 is 1.16 bits per heavy atom. The number of ether oxygens (including phenoxy) is 2. The van der Waals surface area contributed by atoms with E-state index in [2.05, 4.69) is 25.8 Å². The number of benzene rings is 1. The number of alkyl halides is 3. The maximum absolute atomic E-state index is 14.1. The SMILES string of the molecule is CNC[C@@H](O)COc1ccc(C(F)(F)F)c(-c2nc(NC3CCOCC3)c(C)c(-c3c(C)noc3C)n2)c1. The lowest BCUT2D eigenvalue weighted by Crippen LogP contribution is -2.29. The summed E-state index contributed by atoms with van der Waals surface area (Å²) >= 11 is 0. The molecule has 0 spiro atoms. The molecule has 0 amide bonds. The quantitative estimate of drug-likeness (QED) is 0.369. The van der Waals surface area contributed by atoms with Crippen LogP contribution in [0.15, 0.2) is 22.7 Å². The van der Waals surface area contributed by atoms with Gasteiger partial charge in [0, 0.05) is 36.9 Å². The molecule has 0 aliphatic carbocycles. The zero-order valence-corrected chi connectivity index (χ0v) is 21.8. The molecule has 9 nitrogen and oxygen atoms in total. The van der Waals surface area contributed by atoms with E-state index in [1.54, 1.807) is 20.9 Å². The second-order valence-electron chi connectivity index (χ2n) is 9.33. The van der Waals surface area contributed by atoms with E-state index in [1.165, 1.54) is 12.1 Å². The number of aliphatic hydroxyl groups is 1. The van der Waals surface area contributed by atoms with Crippen LogP contribution >= 0.6 is 0 Å². The van der Waals surface area contributed by atoms with E-state index >= 15 is 0 Å². The minimum atomic E-state index is -4.66. The number of nitrogens with one attached hydrogen (secondary N) is 2. The van der Waals surface area contributed by atoms with Crippen molar-refractivity contribution < 1.29 is 32.3 Å². The number of anilines is 1. The van der Waals surface area contributed by atoms with Gasteiger partial charge in [0.25, 0.3) is 0 Å². The highest BCUT2D eigenvalue weighted by Crippen LogP contribution is 2.40. The Morgan fingerprint density at radius 2 is 1.89 bits per heavy atom. The lowest BCUT2D eigenvalue weighted by Gasteiger charge is -2.25. The van der Waals surface area contributed by atoms with Crippen molar-refractivity contribution in [2.24, 2.45) is 0 Å². The lowest BCUT2D eigenvalue weighted by molar-refractivity contribution is -0.137. The average molecular weight is 536 g/mol. The largest absolute Gasteiger partial charge is 0.491 e. The summed E-state index contributed by atoms with van der Waals surface area (Å²) in [5, 5.41) is 20.2. The maximum Gasteiger partial charge on any atom is 0.417 e. The van der Waals surface area contributed by atoms with Crippen molar-refractivity contribution in [3.05, 3.63) is 40.8 Å². The fourth-order valence-corrected chi connectivity index (χ4v) is 4.41. The summed E-state index contributed by atoms with van der Waals surface area (Å²) in [7, 11) is 1.68. The molecule has 206 valence electrons. The third kappa shape index (κ3) is 6.25. The first-order valence-corrected chi connectivity index (χ1v) is 12.4. The molecule has 0 radical (unpaired) electrons. The van der Waals surface area contributed by atoms with Crippen molar-refractivity contribution in [2.45, 2.75) is 51.9 Å². The van der Waals surface area contributed by atoms with Gasteiger partial charge in [-0.1, -0.05) is 5.16 Å². The molecule has 4 rings (SSSR count). The first kappa shape index (κ1) is 27.8. The van der Waals surface area contributed by atoms with Gasteiger partial charge >= 0.3 is 6.18 Å². The Bertz CT molecular complexity index is 1240. The molecule has 1 fully saturated rings. The van der Waals surface area contributed by atoms with Gasteiger partial charge in [-0.2, -0.15) is 13.2 Å². The minimum Gasteiger partial charge on any atom is -0.491 e. The number of nitrogens with zero attached hydrogens (tertiary/aromatic N) is 3. The Kier molecular flexibility index (Phi) is 8.54. The minimum absolute atomic E-state index is 0.0492. The number of hydrogen-bond donors (Lipinski definition) is 3. The van der Waals surface area contributed by atoms with Gasteiger partial charge < -0.3 is 29.7 Å². The van der Waals surface area contributed by atoms with Gasteiger partial charge in [0.15, 0.2) is 5.82 Å². The molecule has 12 heteroatoms. The zero-order chi connectivity index (χ0) is 27.4. The molecule has 38 heavy (non-hydrogen) atoms. The Labute approximate surface area is 218 Å². The summed E-state index contributed by atoms with van der Waals surface area (Å²) in [5.74, 6) is 0.971. The van der Waals surface area contributed by atoms with Gasteiger partial charge in [-0.25, -0.2) is 9.97 Å². The molecule has 2 aromatic heterocycles. The summed E-state index contributed by atoms with van der Waals surface area (Å²) in [4.78, 5) is 9.19. The highest BCUT2D eigenvalue weighted by atomic mass is 19.4.